The van der Waals surface area contributed by atoms with Crippen molar-refractivity contribution < 1.29 is 4.39 Å². The van der Waals surface area contributed by atoms with Gasteiger partial charge in [0.05, 0.1) is 11.6 Å². The summed E-state index contributed by atoms with van der Waals surface area (Å²) in [4.78, 5) is 0. The molecule has 0 spiro atoms. The minimum atomic E-state index is -0.931. The van der Waals surface area contributed by atoms with Gasteiger partial charge >= 0.3 is 0 Å². The van der Waals surface area contributed by atoms with Gasteiger partial charge in [0.2, 0.25) is 0 Å². The van der Waals surface area contributed by atoms with Gasteiger partial charge < -0.3 is 11.5 Å². The van der Waals surface area contributed by atoms with E-state index in [1.54, 1.807) is 43.3 Å². The highest BCUT2D eigenvalue weighted by Crippen LogP contribution is 2.33. The molecule has 0 radical (unpaired) electrons. The van der Waals surface area contributed by atoms with Crippen LogP contribution >= 0.6 is 23.2 Å². The summed E-state index contributed by atoms with van der Waals surface area (Å²) in [5.74, 6) is -0.462. The van der Waals surface area contributed by atoms with Crippen molar-refractivity contribution in [2.24, 2.45) is 11.5 Å². The van der Waals surface area contributed by atoms with Gasteiger partial charge in [0.15, 0.2) is 0 Å². The first kappa shape index (κ1) is 15.3. The van der Waals surface area contributed by atoms with Gasteiger partial charge in [-0.05, 0) is 36.8 Å². The van der Waals surface area contributed by atoms with Crippen LogP contribution in [-0.4, -0.2) is 0 Å². The van der Waals surface area contributed by atoms with E-state index < -0.39 is 17.4 Å². The standard InChI is InChI=1S/C15H15Cl2FN2/c1-15(20,9-2-4-10(16)5-3-9)14(19)12-7-6-11(17)8-13(12)18/h2-8,14H,19-20H2,1H3. The summed E-state index contributed by atoms with van der Waals surface area (Å²) in [5, 5.41) is 0.930. The topological polar surface area (TPSA) is 52.0 Å². The minimum Gasteiger partial charge on any atom is -0.322 e. The zero-order chi connectivity index (χ0) is 14.9. The van der Waals surface area contributed by atoms with E-state index in [9.17, 15) is 4.39 Å². The van der Waals surface area contributed by atoms with E-state index in [1.165, 1.54) is 6.07 Å². The first-order valence-corrected chi connectivity index (χ1v) is 6.83. The Morgan fingerprint density at radius 2 is 1.60 bits per heavy atom. The van der Waals surface area contributed by atoms with Crippen LogP contribution in [0.3, 0.4) is 0 Å². The van der Waals surface area contributed by atoms with E-state index in [1.807, 2.05) is 0 Å². The second-order valence-electron chi connectivity index (χ2n) is 4.93. The van der Waals surface area contributed by atoms with Crippen molar-refractivity contribution in [3.8, 4) is 0 Å². The summed E-state index contributed by atoms with van der Waals surface area (Å²) in [5.41, 5.74) is 12.6. The summed E-state index contributed by atoms with van der Waals surface area (Å²) >= 11 is 11.6. The molecular weight excluding hydrogens is 298 g/mol. The molecule has 2 rings (SSSR count). The summed E-state index contributed by atoms with van der Waals surface area (Å²) in [6.07, 6.45) is 0. The molecule has 2 aromatic carbocycles. The Bertz CT molecular complexity index is 612. The highest BCUT2D eigenvalue weighted by atomic mass is 35.5. The molecule has 0 aliphatic carbocycles. The normalized spacial score (nSPS) is 15.7. The molecule has 0 aliphatic heterocycles. The van der Waals surface area contributed by atoms with Crippen LogP contribution in [0.15, 0.2) is 42.5 Å². The van der Waals surface area contributed by atoms with Crippen molar-refractivity contribution in [2.45, 2.75) is 18.5 Å². The molecule has 0 saturated carbocycles. The van der Waals surface area contributed by atoms with E-state index in [-0.39, 0.29) is 0 Å². The third-order valence-electron chi connectivity index (χ3n) is 3.41. The number of rotatable bonds is 3. The summed E-state index contributed by atoms with van der Waals surface area (Å²) in [6.45, 7) is 1.76. The molecule has 5 heteroatoms. The second-order valence-corrected chi connectivity index (χ2v) is 5.81. The van der Waals surface area contributed by atoms with Crippen molar-refractivity contribution in [3.63, 3.8) is 0 Å². The predicted octanol–water partition coefficient (Wildman–Crippen LogP) is 4.01. The second kappa shape index (κ2) is 5.70. The lowest BCUT2D eigenvalue weighted by atomic mass is 9.82. The first-order valence-electron chi connectivity index (χ1n) is 6.08. The monoisotopic (exact) mass is 312 g/mol. The maximum Gasteiger partial charge on any atom is 0.129 e. The molecule has 0 fully saturated rings. The molecule has 0 aromatic heterocycles. The summed E-state index contributed by atoms with van der Waals surface area (Å²) < 4.78 is 14.0. The SMILES string of the molecule is CC(N)(c1ccc(Cl)cc1)C(N)c1ccc(Cl)cc1F. The summed E-state index contributed by atoms with van der Waals surface area (Å²) in [6, 6.07) is 10.7. The van der Waals surface area contributed by atoms with Crippen molar-refractivity contribution in [1.29, 1.82) is 0 Å². The van der Waals surface area contributed by atoms with Crippen LogP contribution in [0.4, 0.5) is 4.39 Å². The van der Waals surface area contributed by atoms with Gasteiger partial charge in [0.25, 0.3) is 0 Å². The van der Waals surface area contributed by atoms with E-state index in [2.05, 4.69) is 0 Å². The molecule has 2 aromatic rings. The van der Waals surface area contributed by atoms with Gasteiger partial charge in [0, 0.05) is 15.6 Å². The van der Waals surface area contributed by atoms with E-state index in [0.717, 1.165) is 5.56 Å². The Morgan fingerprint density at radius 3 is 2.15 bits per heavy atom. The molecule has 0 bridgehead atoms. The fourth-order valence-corrected chi connectivity index (χ4v) is 2.35. The maximum absolute atomic E-state index is 14.0. The van der Waals surface area contributed by atoms with Gasteiger partial charge in [0.1, 0.15) is 5.82 Å². The van der Waals surface area contributed by atoms with Gasteiger partial charge in [-0.3, -0.25) is 0 Å². The molecule has 2 unspecified atom stereocenters. The third kappa shape index (κ3) is 2.96. The number of hydrogen-bond acceptors (Lipinski definition) is 2. The van der Waals surface area contributed by atoms with Gasteiger partial charge in [-0.2, -0.15) is 0 Å². The fraction of sp³-hybridized carbons (Fsp3) is 0.200. The zero-order valence-electron chi connectivity index (χ0n) is 10.9. The van der Waals surface area contributed by atoms with Crippen LogP contribution < -0.4 is 11.5 Å². The van der Waals surface area contributed by atoms with Crippen molar-refractivity contribution >= 4 is 23.2 Å². The number of halogens is 3. The zero-order valence-corrected chi connectivity index (χ0v) is 12.4. The van der Waals surface area contributed by atoms with Crippen molar-refractivity contribution in [1.82, 2.24) is 0 Å². The van der Waals surface area contributed by atoms with Gasteiger partial charge in [-0.25, -0.2) is 4.39 Å². The minimum absolute atomic E-state index is 0.323. The lowest BCUT2D eigenvalue weighted by Crippen LogP contribution is -2.44. The average molecular weight is 313 g/mol. The number of benzene rings is 2. The summed E-state index contributed by atoms with van der Waals surface area (Å²) in [7, 11) is 0. The van der Waals surface area contributed by atoms with Gasteiger partial charge in [-0.15, -0.1) is 0 Å². The van der Waals surface area contributed by atoms with E-state index in [0.29, 0.717) is 15.6 Å². The molecule has 2 atom stereocenters. The van der Waals surface area contributed by atoms with Crippen LogP contribution in [0, 0.1) is 5.82 Å². The van der Waals surface area contributed by atoms with Crippen LogP contribution in [-0.2, 0) is 5.54 Å². The largest absolute Gasteiger partial charge is 0.322 e. The van der Waals surface area contributed by atoms with Crippen molar-refractivity contribution in [3.05, 3.63) is 69.5 Å². The highest BCUT2D eigenvalue weighted by molar-refractivity contribution is 6.30. The Morgan fingerprint density at radius 1 is 1.05 bits per heavy atom. The van der Waals surface area contributed by atoms with Crippen LogP contribution in [0.1, 0.15) is 24.1 Å². The average Bonchev–Trinajstić information content (AvgIpc) is 2.38. The molecule has 2 nitrogen and oxygen atoms in total. The third-order valence-corrected chi connectivity index (χ3v) is 3.90. The quantitative estimate of drug-likeness (QED) is 0.899. The Balaban J connectivity index is 2.39. The smallest absolute Gasteiger partial charge is 0.129 e. The lowest BCUT2D eigenvalue weighted by molar-refractivity contribution is 0.385. The maximum atomic E-state index is 14.0. The Hall–Kier alpha value is -1.13. The molecular formula is C15H15Cl2FN2. The van der Waals surface area contributed by atoms with Crippen molar-refractivity contribution in [2.75, 3.05) is 0 Å². The van der Waals surface area contributed by atoms with Crippen LogP contribution in [0.25, 0.3) is 0 Å². The lowest BCUT2D eigenvalue weighted by Gasteiger charge is -2.32. The molecule has 106 valence electrons. The molecule has 0 saturated heterocycles. The predicted molar refractivity (Wildman–Crippen MR) is 81.3 cm³/mol. The first-order chi connectivity index (χ1) is 9.32. The Labute approximate surface area is 127 Å². The van der Waals surface area contributed by atoms with Crippen LogP contribution in [0.5, 0.6) is 0 Å². The molecule has 0 amide bonds. The Kier molecular flexibility index (Phi) is 4.35. The van der Waals surface area contributed by atoms with Gasteiger partial charge in [-0.1, -0.05) is 41.4 Å². The molecule has 0 heterocycles. The highest BCUT2D eigenvalue weighted by Gasteiger charge is 2.32. The molecule has 0 aliphatic rings. The number of hydrogen-bond donors (Lipinski definition) is 2. The van der Waals surface area contributed by atoms with E-state index in [4.69, 9.17) is 34.7 Å². The van der Waals surface area contributed by atoms with Crippen LogP contribution in [0.2, 0.25) is 10.0 Å². The number of nitrogens with two attached hydrogens (primary N) is 2. The fourth-order valence-electron chi connectivity index (χ4n) is 2.07. The molecule has 20 heavy (non-hydrogen) atoms. The molecule has 4 N–H and O–H groups in total. The van der Waals surface area contributed by atoms with E-state index >= 15 is 0 Å².